The van der Waals surface area contributed by atoms with Gasteiger partial charge in [0.15, 0.2) is 0 Å². The van der Waals surface area contributed by atoms with Crippen LogP contribution in [0.4, 0.5) is 0 Å². The molecule has 1 unspecified atom stereocenters. The molecule has 1 aliphatic heterocycles. The Balaban J connectivity index is 2.38. The second kappa shape index (κ2) is 6.55. The minimum atomic E-state index is -3.75. The number of ether oxygens (including phenoxy) is 2. The molecule has 21 heavy (non-hydrogen) atoms. The van der Waals surface area contributed by atoms with Gasteiger partial charge < -0.3 is 9.47 Å². The summed E-state index contributed by atoms with van der Waals surface area (Å²) in [5, 5.41) is 0. The molecule has 1 aliphatic rings. The summed E-state index contributed by atoms with van der Waals surface area (Å²) in [6, 6.07) is 3.39. The molecule has 1 fully saturated rings. The minimum Gasteiger partial charge on any atom is -0.488 e. The Bertz CT molecular complexity index is 604. The summed E-state index contributed by atoms with van der Waals surface area (Å²) >= 11 is 0. The third-order valence-corrected chi connectivity index (χ3v) is 5.07. The molecule has 4 nitrogen and oxygen atoms in total. The van der Waals surface area contributed by atoms with E-state index in [1.165, 1.54) is 0 Å². The molecule has 0 aromatic heterocycles. The van der Waals surface area contributed by atoms with Crippen molar-refractivity contribution in [1.82, 2.24) is 0 Å². The SMILES string of the molecule is Cc1cc(OC2CCCOC2)c(C(C)C)cc1S(=O)(=O)Cl. The smallest absolute Gasteiger partial charge is 0.261 e. The Morgan fingerprint density at radius 1 is 1.38 bits per heavy atom. The molecule has 0 amide bonds. The summed E-state index contributed by atoms with van der Waals surface area (Å²) in [6.07, 6.45) is 1.95. The standard InChI is InChI=1S/C15H21ClO4S/c1-10(2)13-8-15(21(16,17)18)11(3)7-14(13)20-12-5-4-6-19-9-12/h7-8,10,12H,4-6,9H2,1-3H3. The van der Waals surface area contributed by atoms with Gasteiger partial charge in [0.05, 0.1) is 11.5 Å². The first-order valence-corrected chi connectivity index (χ1v) is 9.43. The molecule has 0 radical (unpaired) electrons. The summed E-state index contributed by atoms with van der Waals surface area (Å²) in [6.45, 7) is 7.08. The molecule has 118 valence electrons. The summed E-state index contributed by atoms with van der Waals surface area (Å²) in [5.41, 5.74) is 1.45. The average Bonchev–Trinajstić information content (AvgIpc) is 2.38. The number of hydrogen-bond acceptors (Lipinski definition) is 4. The number of rotatable bonds is 4. The maximum absolute atomic E-state index is 11.6. The first kappa shape index (κ1) is 16.6. The quantitative estimate of drug-likeness (QED) is 0.790. The Labute approximate surface area is 130 Å². The van der Waals surface area contributed by atoms with E-state index in [0.717, 1.165) is 30.8 Å². The highest BCUT2D eigenvalue weighted by atomic mass is 35.7. The van der Waals surface area contributed by atoms with E-state index in [4.69, 9.17) is 20.2 Å². The van der Waals surface area contributed by atoms with E-state index in [1.54, 1.807) is 19.1 Å². The van der Waals surface area contributed by atoms with E-state index < -0.39 is 9.05 Å². The first-order valence-electron chi connectivity index (χ1n) is 7.12. The molecular weight excluding hydrogens is 312 g/mol. The van der Waals surface area contributed by atoms with Crippen molar-refractivity contribution in [2.75, 3.05) is 13.2 Å². The molecule has 1 atom stereocenters. The van der Waals surface area contributed by atoms with Crippen molar-refractivity contribution in [2.45, 2.75) is 50.5 Å². The van der Waals surface area contributed by atoms with E-state index in [0.29, 0.717) is 12.2 Å². The lowest BCUT2D eigenvalue weighted by Crippen LogP contribution is -2.28. The first-order chi connectivity index (χ1) is 9.79. The lowest BCUT2D eigenvalue weighted by molar-refractivity contribution is 0.00690. The van der Waals surface area contributed by atoms with Crippen LogP contribution in [0.2, 0.25) is 0 Å². The maximum atomic E-state index is 11.6. The zero-order valence-electron chi connectivity index (χ0n) is 12.6. The fourth-order valence-corrected chi connectivity index (χ4v) is 3.69. The fourth-order valence-electron chi connectivity index (χ4n) is 2.48. The van der Waals surface area contributed by atoms with Gasteiger partial charge in [0.1, 0.15) is 11.9 Å². The van der Waals surface area contributed by atoms with Gasteiger partial charge in [0.2, 0.25) is 0 Å². The van der Waals surface area contributed by atoms with Crippen LogP contribution in [0.1, 0.15) is 43.7 Å². The summed E-state index contributed by atoms with van der Waals surface area (Å²) in [7, 11) is 1.75. The second-order valence-corrected chi connectivity index (χ2v) is 8.24. The summed E-state index contributed by atoms with van der Waals surface area (Å²) < 4.78 is 34.7. The third kappa shape index (κ3) is 4.11. The van der Waals surface area contributed by atoms with E-state index in [1.807, 2.05) is 13.8 Å². The number of aryl methyl sites for hydroxylation is 1. The Hall–Kier alpha value is -0.780. The van der Waals surface area contributed by atoms with E-state index in [2.05, 4.69) is 0 Å². The predicted octanol–water partition coefficient (Wildman–Crippen LogP) is 3.60. The van der Waals surface area contributed by atoms with Gasteiger partial charge in [-0.1, -0.05) is 13.8 Å². The Kier molecular flexibility index (Phi) is 5.17. The Morgan fingerprint density at radius 3 is 2.62 bits per heavy atom. The number of benzene rings is 1. The molecule has 0 bridgehead atoms. The van der Waals surface area contributed by atoms with Crippen molar-refractivity contribution in [3.05, 3.63) is 23.3 Å². The molecule has 1 saturated heterocycles. The number of halogens is 1. The lowest BCUT2D eigenvalue weighted by Gasteiger charge is -2.26. The van der Waals surface area contributed by atoms with Gasteiger partial charge in [0.25, 0.3) is 9.05 Å². The van der Waals surface area contributed by atoms with Crippen LogP contribution in [0.3, 0.4) is 0 Å². The summed E-state index contributed by atoms with van der Waals surface area (Å²) in [4.78, 5) is 0.153. The van der Waals surface area contributed by atoms with Crippen molar-refractivity contribution in [3.8, 4) is 5.75 Å². The molecule has 0 aliphatic carbocycles. The average molecular weight is 333 g/mol. The van der Waals surface area contributed by atoms with Crippen LogP contribution in [-0.4, -0.2) is 27.7 Å². The topological polar surface area (TPSA) is 52.6 Å². The molecule has 0 spiro atoms. The second-order valence-electron chi connectivity index (χ2n) is 5.71. The van der Waals surface area contributed by atoms with Crippen molar-refractivity contribution in [1.29, 1.82) is 0 Å². The zero-order valence-corrected chi connectivity index (χ0v) is 14.1. The molecule has 2 rings (SSSR count). The maximum Gasteiger partial charge on any atom is 0.261 e. The predicted molar refractivity (Wildman–Crippen MR) is 82.8 cm³/mol. The van der Waals surface area contributed by atoms with Gasteiger partial charge in [0, 0.05) is 17.3 Å². The van der Waals surface area contributed by atoms with E-state index in [9.17, 15) is 8.42 Å². The van der Waals surface area contributed by atoms with Crippen LogP contribution in [0, 0.1) is 6.92 Å². The fraction of sp³-hybridized carbons (Fsp3) is 0.600. The monoisotopic (exact) mass is 332 g/mol. The summed E-state index contributed by atoms with van der Waals surface area (Å²) in [5.74, 6) is 0.865. The highest BCUT2D eigenvalue weighted by Gasteiger charge is 2.22. The molecule has 0 N–H and O–H groups in total. The van der Waals surface area contributed by atoms with Gasteiger partial charge in [-0.2, -0.15) is 0 Å². The molecule has 6 heteroatoms. The lowest BCUT2D eigenvalue weighted by atomic mass is 10.00. The Morgan fingerprint density at radius 2 is 2.10 bits per heavy atom. The van der Waals surface area contributed by atoms with Crippen LogP contribution in [0.5, 0.6) is 5.75 Å². The molecule has 1 aromatic rings. The van der Waals surface area contributed by atoms with Gasteiger partial charge in [-0.3, -0.25) is 0 Å². The minimum absolute atomic E-state index is 0.0223. The van der Waals surface area contributed by atoms with Crippen molar-refractivity contribution in [3.63, 3.8) is 0 Å². The molecular formula is C15H21ClO4S. The van der Waals surface area contributed by atoms with Crippen LogP contribution >= 0.6 is 10.7 Å². The largest absolute Gasteiger partial charge is 0.488 e. The normalized spacial score (nSPS) is 19.8. The highest BCUT2D eigenvalue weighted by Crippen LogP contribution is 2.34. The van der Waals surface area contributed by atoms with Gasteiger partial charge >= 0.3 is 0 Å². The zero-order chi connectivity index (χ0) is 15.6. The molecule has 1 heterocycles. The highest BCUT2D eigenvalue weighted by molar-refractivity contribution is 8.13. The molecule has 0 saturated carbocycles. The number of hydrogen-bond donors (Lipinski definition) is 0. The van der Waals surface area contributed by atoms with Gasteiger partial charge in [-0.25, -0.2) is 8.42 Å². The van der Waals surface area contributed by atoms with Crippen LogP contribution in [0.25, 0.3) is 0 Å². The van der Waals surface area contributed by atoms with Crippen LogP contribution in [0.15, 0.2) is 17.0 Å². The van der Waals surface area contributed by atoms with E-state index >= 15 is 0 Å². The van der Waals surface area contributed by atoms with Crippen molar-refractivity contribution >= 4 is 19.7 Å². The third-order valence-electron chi connectivity index (χ3n) is 3.60. The van der Waals surface area contributed by atoms with Crippen LogP contribution < -0.4 is 4.74 Å². The van der Waals surface area contributed by atoms with Crippen molar-refractivity contribution < 1.29 is 17.9 Å². The molecule has 1 aromatic carbocycles. The van der Waals surface area contributed by atoms with E-state index in [-0.39, 0.29) is 16.9 Å². The van der Waals surface area contributed by atoms with Crippen LogP contribution in [-0.2, 0) is 13.8 Å². The van der Waals surface area contributed by atoms with Gasteiger partial charge in [-0.15, -0.1) is 0 Å². The van der Waals surface area contributed by atoms with Crippen molar-refractivity contribution in [2.24, 2.45) is 0 Å². The van der Waals surface area contributed by atoms with Gasteiger partial charge in [-0.05, 0) is 48.9 Å².